The highest BCUT2D eigenvalue weighted by molar-refractivity contribution is 6.02. The van der Waals surface area contributed by atoms with Gasteiger partial charge in [0.25, 0.3) is 0 Å². The Hall–Kier alpha value is -1.41. The summed E-state index contributed by atoms with van der Waals surface area (Å²) in [4.78, 5) is 12.9. The summed E-state index contributed by atoms with van der Waals surface area (Å²) in [6.07, 6.45) is 9.40. The number of Topliss-reactive ketones (excluding diaryl/α,β-unsaturated/α-hetero) is 1. The van der Waals surface area contributed by atoms with Gasteiger partial charge in [0.2, 0.25) is 0 Å². The Kier molecular flexibility index (Phi) is 6.85. The third-order valence-corrected chi connectivity index (χ3v) is 4.57. The van der Waals surface area contributed by atoms with E-state index in [0.717, 1.165) is 44.1 Å². The minimum absolute atomic E-state index is 0.111. The van der Waals surface area contributed by atoms with Crippen molar-refractivity contribution in [1.82, 2.24) is 0 Å². The standard InChI is InChI=1S/C20H28O2/c1-2-3-14-19(21)18(15-16-10-6-4-7-11-16)20(22)17-12-8-5-9-13-17/h4,6-7,10-11,15,17,19,21H,2-3,5,8-9,12-14H2,1H3/b18-15-. The average Bonchev–Trinajstić information content (AvgIpc) is 2.58. The maximum absolute atomic E-state index is 12.9. The fourth-order valence-electron chi connectivity index (χ4n) is 3.21. The second kappa shape index (κ2) is 8.89. The van der Waals surface area contributed by atoms with E-state index in [1.54, 1.807) is 0 Å². The van der Waals surface area contributed by atoms with Gasteiger partial charge in [-0.05, 0) is 30.9 Å². The highest BCUT2D eigenvalue weighted by atomic mass is 16.3. The summed E-state index contributed by atoms with van der Waals surface area (Å²) in [5, 5.41) is 10.5. The molecule has 1 saturated carbocycles. The number of unbranched alkanes of at least 4 members (excludes halogenated alkanes) is 1. The molecule has 0 aliphatic heterocycles. The fourth-order valence-corrected chi connectivity index (χ4v) is 3.21. The highest BCUT2D eigenvalue weighted by Crippen LogP contribution is 2.29. The molecule has 22 heavy (non-hydrogen) atoms. The minimum Gasteiger partial charge on any atom is -0.388 e. The number of rotatable bonds is 7. The molecule has 0 saturated heterocycles. The van der Waals surface area contributed by atoms with E-state index in [1.807, 2.05) is 36.4 Å². The third-order valence-electron chi connectivity index (χ3n) is 4.57. The third kappa shape index (κ3) is 4.81. The number of carbonyl (C=O) groups excluding carboxylic acids is 1. The molecule has 1 aromatic rings. The lowest BCUT2D eigenvalue weighted by Crippen LogP contribution is -2.26. The second-order valence-electron chi connectivity index (χ2n) is 6.37. The molecule has 0 amide bonds. The van der Waals surface area contributed by atoms with Gasteiger partial charge in [0.05, 0.1) is 6.10 Å². The molecule has 1 aromatic carbocycles. The smallest absolute Gasteiger partial charge is 0.164 e. The molecule has 1 aliphatic rings. The van der Waals surface area contributed by atoms with Crippen molar-refractivity contribution in [2.45, 2.75) is 64.4 Å². The molecule has 0 heterocycles. The van der Waals surface area contributed by atoms with E-state index in [1.165, 1.54) is 6.42 Å². The number of carbonyl (C=O) groups is 1. The molecule has 2 heteroatoms. The number of ketones is 1. The lowest BCUT2D eigenvalue weighted by molar-refractivity contribution is -0.121. The van der Waals surface area contributed by atoms with Crippen LogP contribution in [0.1, 0.15) is 63.9 Å². The van der Waals surface area contributed by atoms with Gasteiger partial charge < -0.3 is 5.11 Å². The van der Waals surface area contributed by atoms with Gasteiger partial charge in [0.1, 0.15) is 0 Å². The molecule has 1 aliphatic carbocycles. The highest BCUT2D eigenvalue weighted by Gasteiger charge is 2.27. The average molecular weight is 300 g/mol. The first kappa shape index (κ1) is 17.0. The molecule has 2 nitrogen and oxygen atoms in total. The number of hydrogen-bond acceptors (Lipinski definition) is 2. The van der Waals surface area contributed by atoms with Crippen LogP contribution >= 0.6 is 0 Å². The first-order valence-electron chi connectivity index (χ1n) is 8.71. The zero-order chi connectivity index (χ0) is 15.8. The summed E-state index contributed by atoms with van der Waals surface area (Å²) in [5.41, 5.74) is 1.61. The van der Waals surface area contributed by atoms with Crippen molar-refractivity contribution >= 4 is 11.9 Å². The van der Waals surface area contributed by atoms with E-state index in [4.69, 9.17) is 0 Å². The van der Waals surface area contributed by atoms with E-state index in [0.29, 0.717) is 12.0 Å². The summed E-state index contributed by atoms with van der Waals surface area (Å²) in [5.74, 6) is 0.284. The first-order chi connectivity index (χ1) is 10.7. The normalized spacial score (nSPS) is 18.2. The van der Waals surface area contributed by atoms with Gasteiger partial charge in [-0.25, -0.2) is 0 Å². The Morgan fingerprint density at radius 3 is 2.55 bits per heavy atom. The van der Waals surface area contributed by atoms with Gasteiger partial charge >= 0.3 is 0 Å². The van der Waals surface area contributed by atoms with Crippen molar-refractivity contribution < 1.29 is 9.90 Å². The van der Waals surface area contributed by atoms with Gasteiger partial charge in [-0.3, -0.25) is 4.79 Å². The first-order valence-corrected chi connectivity index (χ1v) is 8.71. The van der Waals surface area contributed by atoms with Gasteiger partial charge in [0.15, 0.2) is 5.78 Å². The molecule has 1 unspecified atom stereocenters. The molecule has 2 rings (SSSR count). The van der Waals surface area contributed by atoms with Crippen LogP contribution in [-0.2, 0) is 4.79 Å². The van der Waals surface area contributed by atoms with Crippen LogP contribution in [0, 0.1) is 5.92 Å². The van der Waals surface area contributed by atoms with Crippen molar-refractivity contribution in [3.8, 4) is 0 Å². The van der Waals surface area contributed by atoms with Crippen LogP contribution in [0.25, 0.3) is 6.08 Å². The molecule has 1 N–H and O–H groups in total. The predicted octanol–water partition coefficient (Wildman–Crippen LogP) is 4.77. The Bertz CT molecular complexity index is 484. The Balaban J connectivity index is 2.20. The molecule has 1 fully saturated rings. The van der Waals surface area contributed by atoms with Crippen LogP contribution < -0.4 is 0 Å². The zero-order valence-corrected chi connectivity index (χ0v) is 13.6. The zero-order valence-electron chi connectivity index (χ0n) is 13.6. The van der Waals surface area contributed by atoms with Crippen LogP contribution in [-0.4, -0.2) is 17.0 Å². The summed E-state index contributed by atoms with van der Waals surface area (Å²) in [6.45, 7) is 2.11. The maximum Gasteiger partial charge on any atom is 0.164 e. The van der Waals surface area contributed by atoms with Gasteiger partial charge in [-0.2, -0.15) is 0 Å². The second-order valence-corrected chi connectivity index (χ2v) is 6.37. The topological polar surface area (TPSA) is 37.3 Å². The number of hydrogen-bond donors (Lipinski definition) is 1. The summed E-state index contributed by atoms with van der Waals surface area (Å²) in [7, 11) is 0. The minimum atomic E-state index is -0.630. The Morgan fingerprint density at radius 2 is 1.91 bits per heavy atom. The lowest BCUT2D eigenvalue weighted by Gasteiger charge is -2.24. The van der Waals surface area contributed by atoms with Crippen molar-refractivity contribution in [3.63, 3.8) is 0 Å². The van der Waals surface area contributed by atoms with Gasteiger partial charge in [-0.1, -0.05) is 69.4 Å². The molecule has 0 aromatic heterocycles. The monoisotopic (exact) mass is 300 g/mol. The Labute approximate surface area is 134 Å². The SMILES string of the molecule is CCCCC(O)/C(=C/c1ccccc1)C(=O)C1CCCCC1. The summed E-state index contributed by atoms with van der Waals surface area (Å²) < 4.78 is 0. The van der Waals surface area contributed by atoms with E-state index in [2.05, 4.69) is 6.92 Å². The van der Waals surface area contributed by atoms with Gasteiger partial charge in [-0.15, -0.1) is 0 Å². The predicted molar refractivity (Wildman–Crippen MR) is 91.5 cm³/mol. The molecule has 0 radical (unpaired) electrons. The molecule has 0 bridgehead atoms. The van der Waals surface area contributed by atoms with Crippen LogP contribution in [0.4, 0.5) is 0 Å². The molecular weight excluding hydrogens is 272 g/mol. The van der Waals surface area contributed by atoms with Crippen LogP contribution in [0.3, 0.4) is 0 Å². The molecule has 1 atom stereocenters. The van der Waals surface area contributed by atoms with Crippen LogP contribution in [0.5, 0.6) is 0 Å². The van der Waals surface area contributed by atoms with Gasteiger partial charge in [0, 0.05) is 11.5 Å². The van der Waals surface area contributed by atoms with Crippen molar-refractivity contribution in [3.05, 3.63) is 41.5 Å². The van der Waals surface area contributed by atoms with E-state index >= 15 is 0 Å². The number of aliphatic hydroxyl groups excluding tert-OH is 1. The molecule has 0 spiro atoms. The van der Waals surface area contributed by atoms with E-state index in [-0.39, 0.29) is 11.7 Å². The molecular formula is C20H28O2. The molecule has 120 valence electrons. The quantitative estimate of drug-likeness (QED) is 0.736. The van der Waals surface area contributed by atoms with Crippen molar-refractivity contribution in [1.29, 1.82) is 0 Å². The van der Waals surface area contributed by atoms with Crippen molar-refractivity contribution in [2.75, 3.05) is 0 Å². The maximum atomic E-state index is 12.9. The Morgan fingerprint density at radius 1 is 1.23 bits per heavy atom. The fraction of sp³-hybridized carbons (Fsp3) is 0.550. The largest absolute Gasteiger partial charge is 0.388 e. The van der Waals surface area contributed by atoms with Crippen LogP contribution in [0.2, 0.25) is 0 Å². The summed E-state index contributed by atoms with van der Waals surface area (Å²) >= 11 is 0. The number of aliphatic hydroxyl groups is 1. The van der Waals surface area contributed by atoms with Crippen molar-refractivity contribution in [2.24, 2.45) is 5.92 Å². The van der Waals surface area contributed by atoms with Crippen LogP contribution in [0.15, 0.2) is 35.9 Å². The lowest BCUT2D eigenvalue weighted by atomic mass is 9.81. The van der Waals surface area contributed by atoms with E-state index in [9.17, 15) is 9.90 Å². The number of benzene rings is 1. The summed E-state index contributed by atoms with van der Waals surface area (Å²) in [6, 6.07) is 9.87. The van der Waals surface area contributed by atoms with E-state index < -0.39 is 6.10 Å².